The molecule has 0 unspecified atom stereocenters. The zero-order valence-corrected chi connectivity index (χ0v) is 25.6. The summed E-state index contributed by atoms with van der Waals surface area (Å²) in [5.74, 6) is 0.123. The zero-order valence-electron chi connectivity index (χ0n) is 23.8. The van der Waals surface area contributed by atoms with Crippen LogP contribution in [0.25, 0.3) is 0 Å². The van der Waals surface area contributed by atoms with Crippen LogP contribution in [0.5, 0.6) is 0 Å². The second-order valence-corrected chi connectivity index (χ2v) is 20.5. The van der Waals surface area contributed by atoms with Crippen molar-refractivity contribution in [3.05, 3.63) is 30.3 Å². The van der Waals surface area contributed by atoms with Gasteiger partial charge >= 0.3 is 0 Å². The van der Waals surface area contributed by atoms with Crippen LogP contribution in [0.4, 0.5) is 0 Å². The molecular weight excluding hydrogens is 484 g/mol. The summed E-state index contributed by atoms with van der Waals surface area (Å²) >= 11 is 0. The number of ether oxygens (including phenoxy) is 2. The molecule has 8 atom stereocenters. The fourth-order valence-electron chi connectivity index (χ4n) is 8.01. The van der Waals surface area contributed by atoms with Crippen LogP contribution in [0.1, 0.15) is 86.5 Å². The molecule has 1 aromatic carbocycles. The SMILES string of the molecule is C[C@@H]1C[C@@]23CCCC[C@@H](CC[C@H]([S@@](=O)c4ccccc4)[C@@]24OC(C)(C)O[C@@H]14)[C@@H]3O[Si](C)(C)C(C)(C)C. The Morgan fingerprint density at radius 3 is 2.42 bits per heavy atom. The van der Waals surface area contributed by atoms with E-state index >= 15 is 0 Å². The van der Waals surface area contributed by atoms with Crippen molar-refractivity contribution < 1.29 is 18.1 Å². The first-order valence-corrected chi connectivity index (χ1v) is 18.4. The maximum absolute atomic E-state index is 14.5. The van der Waals surface area contributed by atoms with Crippen LogP contribution in [-0.4, -0.2) is 41.4 Å². The van der Waals surface area contributed by atoms with Gasteiger partial charge in [-0.2, -0.15) is 0 Å². The van der Waals surface area contributed by atoms with Crippen molar-refractivity contribution in [1.82, 2.24) is 0 Å². The number of fused-ring (bicyclic) bond motifs is 1. The Balaban J connectivity index is 1.71. The average Bonchev–Trinajstić information content (AvgIpc) is 3.08. The summed E-state index contributed by atoms with van der Waals surface area (Å²) in [7, 11) is -3.24. The number of benzene rings is 1. The number of rotatable bonds is 4. The molecule has 2 spiro atoms. The van der Waals surface area contributed by atoms with Gasteiger partial charge in [0, 0.05) is 10.3 Å². The Morgan fingerprint density at radius 2 is 1.75 bits per heavy atom. The molecule has 6 heteroatoms. The van der Waals surface area contributed by atoms with Crippen molar-refractivity contribution in [2.75, 3.05) is 0 Å². The first-order valence-electron chi connectivity index (χ1n) is 14.3. The van der Waals surface area contributed by atoms with Crippen molar-refractivity contribution in [1.29, 1.82) is 0 Å². The van der Waals surface area contributed by atoms with Gasteiger partial charge in [-0.15, -0.1) is 0 Å². The van der Waals surface area contributed by atoms with E-state index in [0.29, 0.717) is 11.8 Å². The lowest BCUT2D eigenvalue weighted by molar-refractivity contribution is -0.212. The summed E-state index contributed by atoms with van der Waals surface area (Å²) in [6, 6.07) is 10.1. The van der Waals surface area contributed by atoms with E-state index in [1.807, 2.05) is 30.3 Å². The van der Waals surface area contributed by atoms with Gasteiger partial charge in [-0.25, -0.2) is 0 Å². The first-order chi connectivity index (χ1) is 16.7. The van der Waals surface area contributed by atoms with Crippen molar-refractivity contribution in [3.63, 3.8) is 0 Å². The predicted molar refractivity (Wildman–Crippen MR) is 149 cm³/mol. The normalized spacial score (nSPS) is 41.2. The zero-order chi connectivity index (χ0) is 26.1. The maximum atomic E-state index is 14.5. The molecule has 1 aromatic rings. The third kappa shape index (κ3) is 4.04. The van der Waals surface area contributed by atoms with Crippen LogP contribution >= 0.6 is 0 Å². The Kier molecular flexibility index (Phi) is 6.77. The third-order valence-corrected chi connectivity index (χ3v) is 16.7. The van der Waals surface area contributed by atoms with Gasteiger partial charge in [0.05, 0.1) is 28.3 Å². The van der Waals surface area contributed by atoms with E-state index in [0.717, 1.165) is 30.6 Å². The molecular formula is C30H48O4SSi. The van der Waals surface area contributed by atoms with Gasteiger partial charge in [0.15, 0.2) is 14.1 Å². The van der Waals surface area contributed by atoms with E-state index in [9.17, 15) is 4.21 Å². The van der Waals surface area contributed by atoms with Crippen molar-refractivity contribution in [2.45, 2.75) is 138 Å². The average molecular weight is 533 g/mol. The Bertz CT molecular complexity index is 988. The quantitative estimate of drug-likeness (QED) is 0.378. The predicted octanol–water partition coefficient (Wildman–Crippen LogP) is 7.45. The Morgan fingerprint density at radius 1 is 1.06 bits per heavy atom. The molecule has 4 aliphatic rings. The molecule has 0 aromatic heterocycles. The molecule has 4 nitrogen and oxygen atoms in total. The highest BCUT2D eigenvalue weighted by Gasteiger charge is 2.77. The third-order valence-electron chi connectivity index (χ3n) is 10.4. The Hall–Kier alpha value is -0.533. The molecule has 3 aliphatic carbocycles. The molecule has 202 valence electrons. The van der Waals surface area contributed by atoms with Crippen LogP contribution in [0.2, 0.25) is 18.1 Å². The van der Waals surface area contributed by atoms with Gasteiger partial charge in [0.1, 0.15) is 5.60 Å². The van der Waals surface area contributed by atoms with Crippen molar-refractivity contribution >= 4 is 19.1 Å². The van der Waals surface area contributed by atoms with E-state index in [4.69, 9.17) is 13.9 Å². The molecule has 0 N–H and O–H groups in total. The highest BCUT2D eigenvalue weighted by atomic mass is 32.2. The molecule has 4 fully saturated rings. The van der Waals surface area contributed by atoms with Crippen molar-refractivity contribution in [2.24, 2.45) is 17.3 Å². The summed E-state index contributed by atoms with van der Waals surface area (Å²) < 4.78 is 36.1. The van der Waals surface area contributed by atoms with Crippen LogP contribution in [-0.2, 0) is 24.7 Å². The minimum absolute atomic E-state index is 0.0625. The standard InChI is InChI=1S/C30H48O4SSi/c1-21-20-29-19-13-12-14-22(26(29)33-36(7,8)27(2,3)4)17-18-24(35(31)23-15-10-9-11-16-23)30(29)25(21)32-28(5,6)34-30/h9-11,15-16,21-22,24-26H,12-14,17-20H2,1-8H3/t21-,22+,24+,25+,26+,29-,30+,35+/m1/s1. The fourth-order valence-corrected chi connectivity index (χ4v) is 11.3. The number of hydrogen-bond donors (Lipinski definition) is 0. The van der Waals surface area contributed by atoms with Gasteiger partial charge in [-0.1, -0.05) is 58.7 Å². The molecule has 5 rings (SSSR count). The summed E-state index contributed by atoms with van der Waals surface area (Å²) in [6.45, 7) is 18.3. The molecule has 2 bridgehead atoms. The van der Waals surface area contributed by atoms with Crippen LogP contribution < -0.4 is 0 Å². The van der Waals surface area contributed by atoms with E-state index in [2.05, 4.69) is 54.6 Å². The monoisotopic (exact) mass is 532 g/mol. The molecule has 3 saturated carbocycles. The van der Waals surface area contributed by atoms with Gasteiger partial charge in [0.2, 0.25) is 0 Å². The highest BCUT2D eigenvalue weighted by molar-refractivity contribution is 7.85. The smallest absolute Gasteiger partial charge is 0.192 e. The topological polar surface area (TPSA) is 44.8 Å². The molecule has 0 radical (unpaired) electrons. The van der Waals surface area contributed by atoms with Gasteiger partial charge < -0.3 is 13.9 Å². The van der Waals surface area contributed by atoms with E-state index in [1.54, 1.807) is 0 Å². The summed E-state index contributed by atoms with van der Waals surface area (Å²) in [6.07, 6.45) is 7.75. The number of hydrogen-bond acceptors (Lipinski definition) is 4. The molecule has 1 heterocycles. The van der Waals surface area contributed by atoms with Gasteiger partial charge in [0.25, 0.3) is 0 Å². The van der Waals surface area contributed by atoms with Gasteiger partial charge in [-0.3, -0.25) is 4.21 Å². The summed E-state index contributed by atoms with van der Waals surface area (Å²) in [5, 5.41) is 0.0271. The molecule has 1 aliphatic heterocycles. The highest BCUT2D eigenvalue weighted by Crippen LogP contribution is 2.69. The van der Waals surface area contributed by atoms with Gasteiger partial charge in [-0.05, 0) is 88.1 Å². The lowest BCUT2D eigenvalue weighted by Crippen LogP contribution is -2.64. The maximum Gasteiger partial charge on any atom is 0.192 e. The largest absolute Gasteiger partial charge is 0.413 e. The first kappa shape index (κ1) is 27.0. The minimum atomic E-state index is -2.06. The summed E-state index contributed by atoms with van der Waals surface area (Å²) in [4.78, 5) is 0.912. The van der Waals surface area contributed by atoms with E-state index in [1.165, 1.54) is 19.3 Å². The second-order valence-electron chi connectivity index (χ2n) is 14.2. The Labute approximate surface area is 222 Å². The minimum Gasteiger partial charge on any atom is -0.413 e. The van der Waals surface area contributed by atoms with Crippen molar-refractivity contribution in [3.8, 4) is 0 Å². The molecule has 0 amide bonds. The van der Waals surface area contributed by atoms with E-state index in [-0.39, 0.29) is 27.9 Å². The lowest BCUT2D eigenvalue weighted by atomic mass is 9.65. The second kappa shape index (κ2) is 9.01. The fraction of sp³-hybridized carbons (Fsp3) is 0.800. The van der Waals surface area contributed by atoms with Crippen LogP contribution in [0.15, 0.2) is 35.2 Å². The van der Waals surface area contributed by atoms with Crippen LogP contribution in [0.3, 0.4) is 0 Å². The van der Waals surface area contributed by atoms with Crippen LogP contribution in [0, 0.1) is 17.3 Å². The molecule has 1 saturated heterocycles. The lowest BCUT2D eigenvalue weighted by Gasteiger charge is -2.54. The summed E-state index contributed by atoms with van der Waals surface area (Å²) in [5.41, 5.74) is -0.796. The molecule has 36 heavy (non-hydrogen) atoms. The van der Waals surface area contributed by atoms with E-state index < -0.39 is 30.5 Å².